The van der Waals surface area contributed by atoms with Crippen LogP contribution in [0.4, 0.5) is 0 Å². The molecule has 0 aromatic rings. The van der Waals surface area contributed by atoms with Gasteiger partial charge >= 0.3 is 11.9 Å². The standard InChI is InChI=1S/C34H64N2O4/c37-33(38)27-23-19-15-11-7-2-1-5-9-13-17-21-25-30-36-31-29-35-32(36)26-22-18-14-10-6-3-4-8-12-16-20-24-28-34(39)40/h1-31H2,(H,37,38)(H,39,40). The highest BCUT2D eigenvalue weighted by molar-refractivity contribution is 5.83. The van der Waals surface area contributed by atoms with Gasteiger partial charge < -0.3 is 15.1 Å². The van der Waals surface area contributed by atoms with Gasteiger partial charge in [-0.2, -0.15) is 0 Å². The van der Waals surface area contributed by atoms with E-state index in [1.54, 1.807) is 0 Å². The molecule has 0 radical (unpaired) electrons. The van der Waals surface area contributed by atoms with E-state index >= 15 is 0 Å². The van der Waals surface area contributed by atoms with Crippen LogP contribution in [0.25, 0.3) is 0 Å². The Morgan fingerprint density at radius 1 is 0.500 bits per heavy atom. The lowest BCUT2D eigenvalue weighted by atomic mass is 10.0. The third-order valence-electron chi connectivity index (χ3n) is 8.39. The minimum Gasteiger partial charge on any atom is -0.481 e. The Kier molecular flexibility index (Phi) is 25.1. The summed E-state index contributed by atoms with van der Waals surface area (Å²) in [4.78, 5) is 28.4. The molecule has 234 valence electrons. The molecule has 0 fully saturated rings. The summed E-state index contributed by atoms with van der Waals surface area (Å²) in [6, 6.07) is 0. The lowest BCUT2D eigenvalue weighted by molar-refractivity contribution is -0.138. The Bertz CT molecular complexity index is 637. The second kappa shape index (κ2) is 27.6. The molecule has 0 aliphatic carbocycles. The van der Waals surface area contributed by atoms with E-state index in [1.165, 1.54) is 154 Å². The molecule has 1 heterocycles. The molecule has 0 saturated heterocycles. The number of unbranched alkanes of at least 4 members (excludes halogenated alkanes) is 23. The minimum absolute atomic E-state index is 0.329. The summed E-state index contributed by atoms with van der Waals surface area (Å²) >= 11 is 0. The minimum atomic E-state index is -0.662. The summed E-state index contributed by atoms with van der Waals surface area (Å²) < 4.78 is 0. The maximum absolute atomic E-state index is 10.5. The SMILES string of the molecule is O=C(O)CCCCCCCCCCCCCCCN1CCN=C1CCCCCCCCCCCCCCC(=O)O. The number of amidine groups is 1. The van der Waals surface area contributed by atoms with Crippen LogP contribution in [0.5, 0.6) is 0 Å². The molecular weight excluding hydrogens is 500 g/mol. The van der Waals surface area contributed by atoms with Crippen LogP contribution in [-0.4, -0.2) is 52.5 Å². The molecule has 6 heteroatoms. The van der Waals surface area contributed by atoms with Gasteiger partial charge in [0.2, 0.25) is 0 Å². The van der Waals surface area contributed by atoms with E-state index in [2.05, 4.69) is 4.90 Å². The Balaban J connectivity index is 1.81. The number of rotatable bonds is 31. The molecule has 40 heavy (non-hydrogen) atoms. The summed E-state index contributed by atoms with van der Waals surface area (Å²) in [5, 5.41) is 17.3. The first kappa shape index (κ1) is 36.4. The van der Waals surface area contributed by atoms with Crippen LogP contribution in [0, 0.1) is 0 Å². The van der Waals surface area contributed by atoms with Gasteiger partial charge in [-0.05, 0) is 25.7 Å². The highest BCUT2D eigenvalue weighted by Crippen LogP contribution is 2.16. The Morgan fingerprint density at radius 3 is 1.20 bits per heavy atom. The molecule has 0 aromatic carbocycles. The first-order chi connectivity index (χ1) is 19.6. The van der Waals surface area contributed by atoms with Gasteiger partial charge in [0, 0.05) is 32.4 Å². The van der Waals surface area contributed by atoms with Crippen molar-refractivity contribution in [1.29, 1.82) is 0 Å². The van der Waals surface area contributed by atoms with E-state index < -0.39 is 11.9 Å². The van der Waals surface area contributed by atoms with Crippen LogP contribution >= 0.6 is 0 Å². The molecule has 0 bridgehead atoms. The lowest BCUT2D eigenvalue weighted by Gasteiger charge is -2.20. The van der Waals surface area contributed by atoms with E-state index in [-0.39, 0.29) is 0 Å². The third-order valence-corrected chi connectivity index (χ3v) is 8.39. The molecule has 0 spiro atoms. The van der Waals surface area contributed by atoms with E-state index in [4.69, 9.17) is 15.2 Å². The van der Waals surface area contributed by atoms with Crippen molar-refractivity contribution in [2.45, 2.75) is 180 Å². The fourth-order valence-corrected chi connectivity index (χ4v) is 5.86. The summed E-state index contributed by atoms with van der Waals surface area (Å²) in [7, 11) is 0. The zero-order chi connectivity index (χ0) is 28.9. The van der Waals surface area contributed by atoms with Crippen LogP contribution in [0.2, 0.25) is 0 Å². The van der Waals surface area contributed by atoms with Gasteiger partial charge in [-0.3, -0.25) is 14.6 Å². The van der Waals surface area contributed by atoms with Gasteiger partial charge in [-0.15, -0.1) is 0 Å². The average Bonchev–Trinajstić information content (AvgIpc) is 3.37. The molecular formula is C34H64N2O4. The van der Waals surface area contributed by atoms with Crippen LogP contribution in [0.3, 0.4) is 0 Å². The van der Waals surface area contributed by atoms with Crippen molar-refractivity contribution < 1.29 is 19.8 Å². The number of carboxylic acids is 2. The largest absolute Gasteiger partial charge is 0.481 e. The Hall–Kier alpha value is -1.59. The molecule has 0 amide bonds. The lowest BCUT2D eigenvalue weighted by Crippen LogP contribution is -2.28. The maximum Gasteiger partial charge on any atom is 0.303 e. The van der Waals surface area contributed by atoms with Gasteiger partial charge in [0.1, 0.15) is 0 Å². The molecule has 1 aliphatic heterocycles. The number of aliphatic carboxylic acids is 2. The molecule has 0 saturated carbocycles. The summed E-state index contributed by atoms with van der Waals surface area (Å²) in [6.07, 6.45) is 33.5. The van der Waals surface area contributed by atoms with Gasteiger partial charge in [0.15, 0.2) is 0 Å². The fourth-order valence-electron chi connectivity index (χ4n) is 5.86. The predicted molar refractivity (Wildman–Crippen MR) is 168 cm³/mol. The van der Waals surface area contributed by atoms with Crippen molar-refractivity contribution in [3.63, 3.8) is 0 Å². The fraction of sp³-hybridized carbons (Fsp3) is 0.912. The van der Waals surface area contributed by atoms with E-state index in [1.807, 2.05) is 0 Å². The second-order valence-corrected chi connectivity index (χ2v) is 12.2. The normalized spacial score (nSPS) is 13.2. The van der Waals surface area contributed by atoms with Crippen LogP contribution in [0.15, 0.2) is 4.99 Å². The number of aliphatic imine (C=N–C) groups is 1. The zero-order valence-corrected chi connectivity index (χ0v) is 26.0. The Morgan fingerprint density at radius 2 is 0.825 bits per heavy atom. The number of carbonyl (C=O) groups is 2. The topological polar surface area (TPSA) is 90.2 Å². The zero-order valence-electron chi connectivity index (χ0n) is 26.0. The van der Waals surface area contributed by atoms with Crippen LogP contribution in [0.1, 0.15) is 180 Å². The van der Waals surface area contributed by atoms with E-state index in [9.17, 15) is 9.59 Å². The van der Waals surface area contributed by atoms with E-state index in [0.717, 1.165) is 38.8 Å². The first-order valence-electron chi connectivity index (χ1n) is 17.3. The molecule has 0 atom stereocenters. The monoisotopic (exact) mass is 564 g/mol. The smallest absolute Gasteiger partial charge is 0.303 e. The highest BCUT2D eigenvalue weighted by Gasteiger charge is 2.15. The second-order valence-electron chi connectivity index (χ2n) is 12.2. The van der Waals surface area contributed by atoms with Gasteiger partial charge in [0.25, 0.3) is 0 Å². The molecule has 2 N–H and O–H groups in total. The van der Waals surface area contributed by atoms with Gasteiger partial charge in [-0.25, -0.2) is 0 Å². The number of carboxylic acid groups (broad SMARTS) is 2. The van der Waals surface area contributed by atoms with E-state index in [0.29, 0.717) is 12.8 Å². The van der Waals surface area contributed by atoms with Crippen molar-refractivity contribution in [1.82, 2.24) is 4.90 Å². The Labute approximate surface area is 246 Å². The molecule has 1 rings (SSSR count). The van der Waals surface area contributed by atoms with Crippen molar-refractivity contribution >= 4 is 17.8 Å². The first-order valence-corrected chi connectivity index (χ1v) is 17.3. The quantitative estimate of drug-likeness (QED) is 0.0818. The average molecular weight is 565 g/mol. The van der Waals surface area contributed by atoms with Crippen molar-refractivity contribution in [2.75, 3.05) is 19.6 Å². The van der Waals surface area contributed by atoms with Crippen molar-refractivity contribution in [2.24, 2.45) is 4.99 Å². The molecule has 6 nitrogen and oxygen atoms in total. The molecule has 0 unspecified atom stereocenters. The van der Waals surface area contributed by atoms with Crippen molar-refractivity contribution in [3.8, 4) is 0 Å². The predicted octanol–water partition coefficient (Wildman–Crippen LogP) is 9.79. The highest BCUT2D eigenvalue weighted by atomic mass is 16.4. The summed E-state index contributed by atoms with van der Waals surface area (Å²) in [5.41, 5.74) is 0. The number of hydrogen-bond donors (Lipinski definition) is 2. The third kappa shape index (κ3) is 24.2. The summed E-state index contributed by atoms with van der Waals surface area (Å²) in [6.45, 7) is 3.33. The molecule has 1 aliphatic rings. The van der Waals surface area contributed by atoms with Crippen LogP contribution < -0.4 is 0 Å². The molecule has 0 aromatic heterocycles. The van der Waals surface area contributed by atoms with Crippen molar-refractivity contribution in [3.05, 3.63) is 0 Å². The van der Waals surface area contributed by atoms with Crippen LogP contribution in [-0.2, 0) is 9.59 Å². The number of nitrogens with zero attached hydrogens (tertiary/aromatic N) is 2. The van der Waals surface area contributed by atoms with Gasteiger partial charge in [-0.1, -0.05) is 135 Å². The van der Waals surface area contributed by atoms with Gasteiger partial charge in [0.05, 0.1) is 12.4 Å². The summed E-state index contributed by atoms with van der Waals surface area (Å²) in [5.74, 6) is 0.0569. The maximum atomic E-state index is 10.5. The number of hydrogen-bond acceptors (Lipinski definition) is 4.